The normalized spacial score (nSPS) is 13.3. The first-order chi connectivity index (χ1) is 33.0. The van der Waals surface area contributed by atoms with Crippen LogP contribution in [0, 0.1) is 36.3 Å². The number of halogens is 2. The molecular weight excluding hydrogens is 893 g/mol. The molecule has 0 saturated heterocycles. The first-order valence-corrected chi connectivity index (χ1v) is 23.6. The molecule has 14 heteroatoms. The number of rotatable bonds is 15. The van der Waals surface area contributed by atoms with E-state index in [1.54, 1.807) is 31.2 Å². The molecule has 368 valence electrons. The molecule has 0 aromatic heterocycles. The molecule has 2 aliphatic carbocycles. The SMILES string of the molecule is Cc1c(F)cc(C(=O)NC2CC2)cc1-c1ccc(C(=O)NCC(C)(C)C)cc1C(=O)NCCc1ccccc1.Cc1c(F)cc(C(=O)NC2CC2)cc1-c1ccc(C(=O)NCC(C)(C)C)cc1C(=O)O. The zero-order valence-corrected chi connectivity index (χ0v) is 41.1. The van der Waals surface area contributed by atoms with Crippen LogP contribution in [0.3, 0.4) is 0 Å². The standard InChI is InChI=1S/C32H36FN3O3.C24H27FN2O4/c1-20-26(17-23(18-28(20)33)30(38)36-24-11-12-24)25-13-10-22(29(37)35-19-32(2,3)4)16-27(25)31(39)34-15-14-21-8-6-5-7-9-21;1-13-18(10-15(11-20(13)25)22(29)27-16-6-7-16)17-8-5-14(9-19(17)23(30)31)21(28)26-12-24(2,3)4/h5-10,13,16-18,24H,11-12,14-15,19H2,1-4H3,(H,34,39)(H,35,37)(H,36,38);5,8-11,16H,6-7,12H2,1-4H3,(H,26,28)(H,27,29)(H,30,31). The van der Waals surface area contributed by atoms with Crippen LogP contribution in [0.1, 0.15) is 146 Å². The smallest absolute Gasteiger partial charge is 0.336 e. The lowest BCUT2D eigenvalue weighted by Gasteiger charge is -2.19. The second kappa shape index (κ2) is 22.0. The van der Waals surface area contributed by atoms with E-state index in [0.29, 0.717) is 53.9 Å². The van der Waals surface area contributed by atoms with E-state index in [4.69, 9.17) is 0 Å². The van der Waals surface area contributed by atoms with Crippen LogP contribution < -0.4 is 26.6 Å². The first kappa shape index (κ1) is 52.2. The minimum absolute atomic E-state index is 0.108. The van der Waals surface area contributed by atoms with Crippen LogP contribution >= 0.6 is 0 Å². The minimum Gasteiger partial charge on any atom is -0.478 e. The number of benzene rings is 5. The average molecular weight is 956 g/mol. The minimum atomic E-state index is -1.24. The summed E-state index contributed by atoms with van der Waals surface area (Å²) in [6.07, 6.45) is 4.26. The van der Waals surface area contributed by atoms with Gasteiger partial charge in [-0.2, -0.15) is 0 Å². The van der Waals surface area contributed by atoms with Crippen LogP contribution in [0.2, 0.25) is 0 Å². The summed E-state index contributed by atoms with van der Waals surface area (Å²) in [6, 6.07) is 24.6. The Morgan fingerprint density at radius 1 is 0.514 bits per heavy atom. The van der Waals surface area contributed by atoms with E-state index in [1.165, 1.54) is 37.3 Å². The highest BCUT2D eigenvalue weighted by atomic mass is 19.1. The van der Waals surface area contributed by atoms with Gasteiger partial charge in [-0.25, -0.2) is 13.6 Å². The summed E-state index contributed by atoms with van der Waals surface area (Å²) in [6.45, 7) is 16.4. The van der Waals surface area contributed by atoms with Gasteiger partial charge in [-0.15, -0.1) is 0 Å². The van der Waals surface area contributed by atoms with E-state index in [2.05, 4.69) is 26.6 Å². The molecule has 5 aromatic rings. The molecule has 2 aliphatic rings. The zero-order valence-electron chi connectivity index (χ0n) is 41.1. The Kier molecular flexibility index (Phi) is 16.4. The van der Waals surface area contributed by atoms with E-state index in [0.717, 1.165) is 37.3 Å². The molecule has 12 nitrogen and oxygen atoms in total. The van der Waals surface area contributed by atoms with Crippen molar-refractivity contribution < 1.29 is 42.7 Å². The van der Waals surface area contributed by atoms with Crippen molar-refractivity contribution in [3.8, 4) is 22.3 Å². The molecule has 0 spiro atoms. The third-order valence-electron chi connectivity index (χ3n) is 11.8. The van der Waals surface area contributed by atoms with E-state index in [9.17, 15) is 38.3 Å². The monoisotopic (exact) mass is 955 g/mol. The molecule has 5 aromatic carbocycles. The lowest BCUT2D eigenvalue weighted by atomic mass is 9.91. The Hall–Kier alpha value is -7.22. The summed E-state index contributed by atoms with van der Waals surface area (Å²) in [5, 5.41) is 24.1. The molecule has 2 fully saturated rings. The van der Waals surface area contributed by atoms with Gasteiger partial charge in [0.1, 0.15) is 11.6 Å². The van der Waals surface area contributed by atoms with Crippen LogP contribution in [0.5, 0.6) is 0 Å². The van der Waals surface area contributed by atoms with Crippen LogP contribution in [0.4, 0.5) is 8.78 Å². The molecule has 0 bridgehead atoms. The van der Waals surface area contributed by atoms with E-state index in [1.807, 2.05) is 71.9 Å². The second-order valence-corrected chi connectivity index (χ2v) is 20.6. The molecule has 70 heavy (non-hydrogen) atoms. The van der Waals surface area contributed by atoms with E-state index >= 15 is 4.39 Å². The largest absolute Gasteiger partial charge is 0.478 e. The fraction of sp³-hybridized carbons (Fsp3) is 0.357. The maximum Gasteiger partial charge on any atom is 0.336 e. The Balaban J connectivity index is 0.000000236. The van der Waals surface area contributed by atoms with Gasteiger partial charge in [-0.3, -0.25) is 24.0 Å². The van der Waals surface area contributed by atoms with Crippen molar-refractivity contribution in [1.82, 2.24) is 26.6 Å². The fourth-order valence-electron chi connectivity index (χ4n) is 7.33. The Bertz CT molecular complexity index is 2810. The number of amides is 5. The average Bonchev–Trinajstić information content (AvgIpc) is 4.27. The van der Waals surface area contributed by atoms with Crippen molar-refractivity contribution in [2.45, 2.75) is 99.6 Å². The molecule has 0 atom stereocenters. The number of carbonyl (C=O) groups is 6. The number of carbonyl (C=O) groups excluding carboxylic acids is 5. The summed E-state index contributed by atoms with van der Waals surface area (Å²) >= 11 is 0. The number of carboxylic acid groups (broad SMARTS) is 1. The van der Waals surface area contributed by atoms with E-state index < -0.39 is 23.5 Å². The summed E-state index contributed by atoms with van der Waals surface area (Å²) in [7, 11) is 0. The fourth-order valence-corrected chi connectivity index (χ4v) is 7.33. The molecular formula is C56H63F2N5O7. The van der Waals surface area contributed by atoms with Crippen LogP contribution in [0.25, 0.3) is 22.3 Å². The van der Waals surface area contributed by atoms with E-state index in [-0.39, 0.29) is 85.5 Å². The summed E-state index contributed by atoms with van der Waals surface area (Å²) in [5.41, 5.74) is 3.82. The Labute approximate surface area is 408 Å². The molecule has 0 radical (unpaired) electrons. The molecule has 0 aliphatic heterocycles. The molecule has 5 amide bonds. The lowest BCUT2D eigenvalue weighted by molar-refractivity contribution is 0.0696. The van der Waals surface area contributed by atoms with Crippen LogP contribution in [-0.2, 0) is 6.42 Å². The van der Waals surface area contributed by atoms with Crippen LogP contribution in [-0.4, -0.2) is 72.3 Å². The first-order valence-electron chi connectivity index (χ1n) is 23.6. The third kappa shape index (κ3) is 14.4. The second-order valence-electron chi connectivity index (χ2n) is 20.6. The van der Waals surface area contributed by atoms with Gasteiger partial charge >= 0.3 is 5.97 Å². The summed E-state index contributed by atoms with van der Waals surface area (Å²) < 4.78 is 29.6. The van der Waals surface area contributed by atoms with Gasteiger partial charge in [0.25, 0.3) is 29.5 Å². The van der Waals surface area contributed by atoms with Crippen LogP contribution in [0.15, 0.2) is 91.0 Å². The molecule has 7 rings (SSSR count). The topological polar surface area (TPSA) is 183 Å². The van der Waals surface area contributed by atoms with Gasteiger partial charge in [0.15, 0.2) is 0 Å². The predicted octanol–water partition coefficient (Wildman–Crippen LogP) is 9.61. The van der Waals surface area contributed by atoms with Gasteiger partial charge in [0, 0.05) is 59.5 Å². The third-order valence-corrected chi connectivity index (χ3v) is 11.8. The van der Waals surface area contributed by atoms with Gasteiger partial charge in [-0.1, -0.05) is 84.0 Å². The summed E-state index contributed by atoms with van der Waals surface area (Å²) in [4.78, 5) is 76.0. The maximum atomic E-state index is 15.0. The molecule has 0 heterocycles. The van der Waals surface area contributed by atoms with Crippen molar-refractivity contribution in [3.63, 3.8) is 0 Å². The number of hydrogen-bond acceptors (Lipinski definition) is 6. The van der Waals surface area contributed by atoms with Gasteiger partial charge in [0.05, 0.1) is 5.56 Å². The molecule has 0 unspecified atom stereocenters. The number of aromatic carboxylic acids is 1. The number of carboxylic acids is 1. The van der Waals surface area contributed by atoms with Gasteiger partial charge in [0.2, 0.25) is 0 Å². The Morgan fingerprint density at radius 2 is 0.943 bits per heavy atom. The van der Waals surface area contributed by atoms with Gasteiger partial charge < -0.3 is 31.7 Å². The quantitative estimate of drug-likeness (QED) is 0.0604. The zero-order chi connectivity index (χ0) is 51.1. The number of hydrogen-bond donors (Lipinski definition) is 6. The van der Waals surface area contributed by atoms with Gasteiger partial charge in [-0.05, 0) is 144 Å². The predicted molar refractivity (Wildman–Crippen MR) is 267 cm³/mol. The van der Waals surface area contributed by atoms with Crippen molar-refractivity contribution in [1.29, 1.82) is 0 Å². The summed E-state index contributed by atoms with van der Waals surface area (Å²) in [5.74, 6) is -4.16. The van der Waals surface area contributed by atoms with Crippen molar-refractivity contribution in [3.05, 3.63) is 153 Å². The Morgan fingerprint density at radius 3 is 1.36 bits per heavy atom. The molecule has 6 N–H and O–H groups in total. The highest BCUT2D eigenvalue weighted by molar-refractivity contribution is 6.06. The highest BCUT2D eigenvalue weighted by Crippen LogP contribution is 2.33. The highest BCUT2D eigenvalue weighted by Gasteiger charge is 2.28. The van der Waals surface area contributed by atoms with Crippen molar-refractivity contribution in [2.75, 3.05) is 19.6 Å². The van der Waals surface area contributed by atoms with Crippen molar-refractivity contribution >= 4 is 35.5 Å². The molecule has 2 saturated carbocycles. The lowest BCUT2D eigenvalue weighted by Crippen LogP contribution is -2.32. The van der Waals surface area contributed by atoms with Crippen molar-refractivity contribution in [2.24, 2.45) is 10.8 Å². The number of nitrogens with one attached hydrogen (secondary N) is 5. The maximum absolute atomic E-state index is 15.0.